The Labute approximate surface area is 155 Å². The number of rotatable bonds is 5. The van der Waals surface area contributed by atoms with Crippen LogP contribution in [0.3, 0.4) is 0 Å². The molecule has 2 N–H and O–H groups in total. The van der Waals surface area contributed by atoms with Crippen molar-refractivity contribution in [2.45, 2.75) is 34.6 Å². The van der Waals surface area contributed by atoms with Crippen molar-refractivity contribution in [1.82, 2.24) is 5.32 Å². The second-order valence-corrected chi connectivity index (χ2v) is 8.31. The molecule has 0 spiro atoms. The summed E-state index contributed by atoms with van der Waals surface area (Å²) in [6, 6.07) is 9.27. The molecule has 1 unspecified atom stereocenters. The molecule has 24 heavy (non-hydrogen) atoms. The van der Waals surface area contributed by atoms with E-state index in [-0.39, 0.29) is 11.3 Å². The van der Waals surface area contributed by atoms with Gasteiger partial charge in [0.15, 0.2) is 10.9 Å². The summed E-state index contributed by atoms with van der Waals surface area (Å²) >= 11 is 12.0. The number of fused-ring (bicyclic) bond motifs is 1. The Morgan fingerprint density at radius 3 is 2.96 bits per heavy atom. The zero-order valence-corrected chi connectivity index (χ0v) is 15.3. The van der Waals surface area contributed by atoms with Gasteiger partial charge in [-0.3, -0.25) is 4.79 Å². The van der Waals surface area contributed by atoms with Gasteiger partial charge >= 0.3 is 0 Å². The predicted octanol–water partition coefficient (Wildman–Crippen LogP) is 4.67. The molecule has 1 aromatic carbocycles. The summed E-state index contributed by atoms with van der Waals surface area (Å²) in [5.41, 5.74) is 1.39. The van der Waals surface area contributed by atoms with E-state index in [0.29, 0.717) is 22.8 Å². The molecule has 2 aromatic rings. The largest absolute Gasteiger partial charge is 0.445 e. The van der Waals surface area contributed by atoms with Crippen LogP contribution in [-0.2, 0) is 0 Å². The first-order valence-corrected chi connectivity index (χ1v) is 9.56. The van der Waals surface area contributed by atoms with Crippen LogP contribution in [0.15, 0.2) is 44.7 Å². The van der Waals surface area contributed by atoms with Crippen molar-refractivity contribution in [2.24, 2.45) is 5.41 Å². The molecule has 1 saturated carbocycles. The van der Waals surface area contributed by atoms with Gasteiger partial charge in [-0.25, -0.2) is 0 Å². The van der Waals surface area contributed by atoms with Gasteiger partial charge in [-0.15, -0.1) is 12.6 Å². The molecule has 0 saturated heterocycles. The Morgan fingerprint density at radius 2 is 2.25 bits per heavy atom. The number of thiol groups is 1. The molecule has 0 bridgehead atoms. The van der Waals surface area contributed by atoms with E-state index in [9.17, 15) is 4.79 Å². The molecule has 1 fully saturated rings. The summed E-state index contributed by atoms with van der Waals surface area (Å²) in [6.07, 6.45) is 3.30. The summed E-state index contributed by atoms with van der Waals surface area (Å²) in [6.45, 7) is 0.636. The van der Waals surface area contributed by atoms with E-state index in [0.717, 1.165) is 17.1 Å². The normalized spacial score (nSPS) is 20.3. The van der Waals surface area contributed by atoms with Gasteiger partial charge in [0.1, 0.15) is 0 Å². The number of hydrogen-bond acceptors (Lipinski definition) is 5. The minimum Gasteiger partial charge on any atom is -0.445 e. The monoisotopic (exact) mass is 380 g/mol. The second kappa shape index (κ2) is 6.24. The van der Waals surface area contributed by atoms with Crippen LogP contribution in [0, 0.1) is 5.41 Å². The SMILES string of the molecule is O=C(NCCC1(C2Nc3ccc(Cl)cc3S2)CC1)c1ccc(S)o1. The average molecular weight is 381 g/mol. The number of carbonyl (C=O) groups is 1. The smallest absolute Gasteiger partial charge is 0.287 e. The minimum absolute atomic E-state index is 0.187. The number of furan rings is 1. The third-order valence-electron chi connectivity index (χ3n) is 4.65. The van der Waals surface area contributed by atoms with Crippen LogP contribution in [0.5, 0.6) is 0 Å². The number of halogens is 1. The standard InChI is InChI=1S/C17H17ClN2O2S2/c18-10-1-2-11-13(9-10)24-16(20-11)17(5-6-17)7-8-19-15(21)12-3-4-14(23)22-12/h1-4,9,16,20,23H,5-8H2,(H,19,21). The Kier molecular flexibility index (Phi) is 4.22. The predicted molar refractivity (Wildman–Crippen MR) is 99.3 cm³/mol. The maximum Gasteiger partial charge on any atom is 0.287 e. The molecule has 0 radical (unpaired) electrons. The first-order chi connectivity index (χ1) is 11.6. The van der Waals surface area contributed by atoms with Crippen LogP contribution >= 0.6 is 36.0 Å². The number of benzene rings is 1. The van der Waals surface area contributed by atoms with Crippen LogP contribution in [0.2, 0.25) is 5.02 Å². The molecule has 1 aromatic heterocycles. The highest BCUT2D eigenvalue weighted by molar-refractivity contribution is 8.00. The van der Waals surface area contributed by atoms with Gasteiger partial charge in [-0.05, 0) is 49.6 Å². The van der Waals surface area contributed by atoms with Crippen LogP contribution in [-0.4, -0.2) is 17.8 Å². The molecule has 1 aliphatic heterocycles. The molecule has 126 valence electrons. The number of nitrogens with one attached hydrogen (secondary N) is 2. The van der Waals surface area contributed by atoms with Gasteiger partial charge in [-0.2, -0.15) is 0 Å². The van der Waals surface area contributed by atoms with E-state index in [1.807, 2.05) is 30.0 Å². The molecule has 1 aliphatic carbocycles. The quantitative estimate of drug-likeness (QED) is 0.660. The lowest BCUT2D eigenvalue weighted by molar-refractivity contribution is 0.0918. The summed E-state index contributed by atoms with van der Waals surface area (Å²) in [5, 5.41) is 8.09. The van der Waals surface area contributed by atoms with Gasteiger partial charge in [-0.1, -0.05) is 23.4 Å². The first-order valence-electron chi connectivity index (χ1n) is 7.86. The highest BCUT2D eigenvalue weighted by Gasteiger charge is 2.51. The lowest BCUT2D eigenvalue weighted by Crippen LogP contribution is -2.31. The van der Waals surface area contributed by atoms with E-state index in [1.165, 1.54) is 17.7 Å². The summed E-state index contributed by atoms with van der Waals surface area (Å²) in [5.74, 6) is 0.119. The molecule has 7 heteroatoms. The minimum atomic E-state index is -0.187. The van der Waals surface area contributed by atoms with Gasteiger partial charge in [0.25, 0.3) is 5.91 Å². The zero-order chi connectivity index (χ0) is 16.7. The number of amides is 1. The summed E-state index contributed by atoms with van der Waals surface area (Å²) in [4.78, 5) is 13.2. The fourth-order valence-corrected chi connectivity index (χ4v) is 4.96. The number of thioether (sulfide) groups is 1. The molecular formula is C17H17ClN2O2S2. The first kappa shape index (κ1) is 16.2. The maximum atomic E-state index is 12.0. The van der Waals surface area contributed by atoms with E-state index < -0.39 is 0 Å². The molecule has 1 amide bonds. The topological polar surface area (TPSA) is 54.3 Å². The van der Waals surface area contributed by atoms with Crippen molar-refractivity contribution in [3.63, 3.8) is 0 Å². The third kappa shape index (κ3) is 3.15. The van der Waals surface area contributed by atoms with Gasteiger partial charge in [0.2, 0.25) is 0 Å². The number of carbonyl (C=O) groups excluding carboxylic acids is 1. The molecule has 4 nitrogen and oxygen atoms in total. The Bertz CT molecular complexity index is 789. The number of anilines is 1. The maximum absolute atomic E-state index is 12.0. The van der Waals surface area contributed by atoms with Crippen molar-refractivity contribution in [2.75, 3.05) is 11.9 Å². The van der Waals surface area contributed by atoms with Crippen molar-refractivity contribution in [3.05, 3.63) is 41.1 Å². The van der Waals surface area contributed by atoms with E-state index in [4.69, 9.17) is 16.0 Å². The molecule has 1 atom stereocenters. The Morgan fingerprint density at radius 1 is 1.42 bits per heavy atom. The van der Waals surface area contributed by atoms with Gasteiger partial charge < -0.3 is 15.1 Å². The van der Waals surface area contributed by atoms with Gasteiger partial charge in [0, 0.05) is 27.6 Å². The Balaban J connectivity index is 1.33. The van der Waals surface area contributed by atoms with E-state index in [2.05, 4.69) is 23.3 Å². The highest BCUT2D eigenvalue weighted by Crippen LogP contribution is 2.59. The average Bonchev–Trinajstić information content (AvgIpc) is 3.01. The van der Waals surface area contributed by atoms with Crippen LogP contribution in [0.4, 0.5) is 5.69 Å². The lowest BCUT2D eigenvalue weighted by atomic mass is 10.0. The van der Waals surface area contributed by atoms with E-state index >= 15 is 0 Å². The van der Waals surface area contributed by atoms with Crippen molar-refractivity contribution in [1.29, 1.82) is 0 Å². The molecular weight excluding hydrogens is 364 g/mol. The molecule has 2 heterocycles. The van der Waals surface area contributed by atoms with Crippen LogP contribution < -0.4 is 10.6 Å². The Hall–Kier alpha value is -1.24. The van der Waals surface area contributed by atoms with Crippen LogP contribution in [0.1, 0.15) is 29.8 Å². The zero-order valence-electron chi connectivity index (χ0n) is 12.8. The van der Waals surface area contributed by atoms with Crippen LogP contribution in [0.25, 0.3) is 0 Å². The fourth-order valence-electron chi connectivity index (χ4n) is 3.05. The van der Waals surface area contributed by atoms with Gasteiger partial charge in [0.05, 0.1) is 5.37 Å². The molecule has 2 aliphatic rings. The fraction of sp³-hybridized carbons (Fsp3) is 0.353. The number of hydrogen-bond donors (Lipinski definition) is 3. The van der Waals surface area contributed by atoms with Crippen molar-refractivity contribution >= 4 is 47.6 Å². The highest BCUT2D eigenvalue weighted by atomic mass is 35.5. The third-order valence-corrected chi connectivity index (χ3v) is 6.57. The lowest BCUT2D eigenvalue weighted by Gasteiger charge is -2.22. The second-order valence-electron chi connectivity index (χ2n) is 6.29. The molecule has 4 rings (SSSR count). The van der Waals surface area contributed by atoms with Crippen molar-refractivity contribution < 1.29 is 9.21 Å². The summed E-state index contributed by atoms with van der Waals surface area (Å²) in [7, 11) is 0. The summed E-state index contributed by atoms with van der Waals surface area (Å²) < 4.78 is 5.22. The van der Waals surface area contributed by atoms with E-state index in [1.54, 1.807) is 12.1 Å². The van der Waals surface area contributed by atoms with Crippen molar-refractivity contribution in [3.8, 4) is 0 Å².